The van der Waals surface area contributed by atoms with E-state index in [1.54, 1.807) is 0 Å². The van der Waals surface area contributed by atoms with Gasteiger partial charge in [0.15, 0.2) is 0 Å². The minimum Gasteiger partial charge on any atom is -0.468 e. The molecule has 0 aliphatic heterocycles. The fourth-order valence-corrected chi connectivity index (χ4v) is 1.54. The number of carbonyl (C=O) groups is 2. The predicted octanol–water partition coefficient (Wildman–Crippen LogP) is 1.90. The maximum Gasteiger partial charge on any atom is 0.325 e. The van der Waals surface area contributed by atoms with Gasteiger partial charge < -0.3 is 10.1 Å². The third kappa shape index (κ3) is 3.72. The van der Waals surface area contributed by atoms with Gasteiger partial charge in [-0.05, 0) is 18.2 Å². The standard InChI is InChI=1S/C10H9Cl2NO3/c1-16-9(14)5-13-10(15)6-2-7(11)4-8(12)3-6/h2-4H,5H2,1H3,(H,13,15). The molecule has 0 aromatic heterocycles. The Bertz CT molecular complexity index is 400. The second kappa shape index (κ2) is 5.72. The van der Waals surface area contributed by atoms with Crippen LogP contribution < -0.4 is 5.32 Å². The van der Waals surface area contributed by atoms with Crippen molar-refractivity contribution in [3.05, 3.63) is 33.8 Å². The molecule has 0 fully saturated rings. The first-order valence-electron chi connectivity index (χ1n) is 4.34. The summed E-state index contributed by atoms with van der Waals surface area (Å²) in [7, 11) is 1.24. The lowest BCUT2D eigenvalue weighted by Gasteiger charge is -2.04. The molecule has 1 amide bonds. The van der Waals surface area contributed by atoms with Crippen molar-refractivity contribution in [2.24, 2.45) is 0 Å². The number of esters is 1. The van der Waals surface area contributed by atoms with E-state index in [0.717, 1.165) is 0 Å². The van der Waals surface area contributed by atoms with Gasteiger partial charge in [-0.1, -0.05) is 23.2 Å². The molecule has 0 radical (unpaired) electrons. The molecule has 86 valence electrons. The van der Waals surface area contributed by atoms with Crippen LogP contribution in [-0.2, 0) is 9.53 Å². The Morgan fingerprint density at radius 2 is 1.81 bits per heavy atom. The monoisotopic (exact) mass is 261 g/mol. The van der Waals surface area contributed by atoms with E-state index in [0.29, 0.717) is 15.6 Å². The Morgan fingerprint density at radius 3 is 2.31 bits per heavy atom. The maximum atomic E-state index is 11.5. The SMILES string of the molecule is COC(=O)CNC(=O)c1cc(Cl)cc(Cl)c1. The quantitative estimate of drug-likeness (QED) is 0.846. The lowest BCUT2D eigenvalue weighted by Crippen LogP contribution is -2.30. The Morgan fingerprint density at radius 1 is 1.25 bits per heavy atom. The largest absolute Gasteiger partial charge is 0.468 e. The molecule has 0 unspecified atom stereocenters. The lowest BCUT2D eigenvalue weighted by molar-refractivity contribution is -0.139. The molecular weight excluding hydrogens is 253 g/mol. The first kappa shape index (κ1) is 12.8. The van der Waals surface area contributed by atoms with Crippen molar-refractivity contribution in [2.45, 2.75) is 0 Å². The smallest absolute Gasteiger partial charge is 0.325 e. The van der Waals surface area contributed by atoms with Gasteiger partial charge in [0.1, 0.15) is 6.54 Å². The van der Waals surface area contributed by atoms with E-state index in [-0.39, 0.29) is 6.54 Å². The summed E-state index contributed by atoms with van der Waals surface area (Å²) in [4.78, 5) is 22.3. The van der Waals surface area contributed by atoms with Crippen LogP contribution >= 0.6 is 23.2 Å². The molecule has 1 aromatic carbocycles. The number of halogens is 2. The second-order valence-electron chi connectivity index (χ2n) is 2.92. The average molecular weight is 262 g/mol. The summed E-state index contributed by atoms with van der Waals surface area (Å²) < 4.78 is 4.38. The van der Waals surface area contributed by atoms with Gasteiger partial charge >= 0.3 is 5.97 Å². The van der Waals surface area contributed by atoms with Crippen LogP contribution in [0, 0.1) is 0 Å². The Hall–Kier alpha value is -1.26. The number of nitrogens with one attached hydrogen (secondary N) is 1. The third-order valence-corrected chi connectivity index (χ3v) is 2.18. The number of benzene rings is 1. The highest BCUT2D eigenvalue weighted by atomic mass is 35.5. The highest BCUT2D eigenvalue weighted by Crippen LogP contribution is 2.18. The lowest BCUT2D eigenvalue weighted by atomic mass is 10.2. The van der Waals surface area contributed by atoms with Gasteiger partial charge in [0, 0.05) is 15.6 Å². The summed E-state index contributed by atoms with van der Waals surface area (Å²) in [6, 6.07) is 4.43. The number of amides is 1. The third-order valence-electron chi connectivity index (χ3n) is 1.75. The molecule has 16 heavy (non-hydrogen) atoms. The fourth-order valence-electron chi connectivity index (χ4n) is 1.01. The van der Waals surface area contributed by atoms with Crippen LogP contribution in [-0.4, -0.2) is 25.5 Å². The van der Waals surface area contributed by atoms with Crippen LogP contribution in [0.5, 0.6) is 0 Å². The highest BCUT2D eigenvalue weighted by Gasteiger charge is 2.09. The van der Waals surface area contributed by atoms with Gasteiger partial charge in [-0.2, -0.15) is 0 Å². The van der Waals surface area contributed by atoms with Crippen LogP contribution in [0.2, 0.25) is 10.0 Å². The van der Waals surface area contributed by atoms with Gasteiger partial charge in [0.05, 0.1) is 7.11 Å². The van der Waals surface area contributed by atoms with Crippen molar-refractivity contribution in [1.82, 2.24) is 5.32 Å². The molecule has 0 saturated heterocycles. The van der Waals surface area contributed by atoms with Crippen molar-refractivity contribution >= 4 is 35.1 Å². The van der Waals surface area contributed by atoms with E-state index in [1.165, 1.54) is 25.3 Å². The first-order valence-corrected chi connectivity index (χ1v) is 5.09. The minimum atomic E-state index is -0.526. The van der Waals surface area contributed by atoms with Gasteiger partial charge in [-0.15, -0.1) is 0 Å². The van der Waals surface area contributed by atoms with E-state index in [9.17, 15) is 9.59 Å². The Balaban J connectivity index is 2.69. The van der Waals surface area contributed by atoms with Crippen LogP contribution in [0.15, 0.2) is 18.2 Å². The molecule has 1 N–H and O–H groups in total. The van der Waals surface area contributed by atoms with Crippen LogP contribution in [0.1, 0.15) is 10.4 Å². The van der Waals surface area contributed by atoms with Crippen LogP contribution in [0.4, 0.5) is 0 Å². The zero-order chi connectivity index (χ0) is 12.1. The van der Waals surface area contributed by atoms with E-state index >= 15 is 0 Å². The van der Waals surface area contributed by atoms with Crippen molar-refractivity contribution in [3.63, 3.8) is 0 Å². The molecule has 0 saturated carbocycles. The summed E-state index contributed by atoms with van der Waals surface area (Å²) in [5, 5.41) is 3.09. The van der Waals surface area contributed by atoms with Crippen LogP contribution in [0.3, 0.4) is 0 Å². The number of rotatable bonds is 3. The second-order valence-corrected chi connectivity index (χ2v) is 3.79. The summed E-state index contributed by atoms with van der Waals surface area (Å²) >= 11 is 11.5. The summed E-state index contributed by atoms with van der Waals surface area (Å²) in [6.07, 6.45) is 0. The number of hydrogen-bond acceptors (Lipinski definition) is 3. The fraction of sp³-hybridized carbons (Fsp3) is 0.200. The minimum absolute atomic E-state index is 0.195. The number of carbonyl (C=O) groups excluding carboxylic acids is 2. The van der Waals surface area contributed by atoms with Gasteiger partial charge in [-0.3, -0.25) is 9.59 Å². The molecule has 0 spiro atoms. The average Bonchev–Trinajstić information content (AvgIpc) is 2.23. The molecule has 0 aliphatic carbocycles. The van der Waals surface area contributed by atoms with Crippen molar-refractivity contribution in [3.8, 4) is 0 Å². The van der Waals surface area contributed by atoms with E-state index < -0.39 is 11.9 Å². The van der Waals surface area contributed by atoms with Crippen LogP contribution in [0.25, 0.3) is 0 Å². The van der Waals surface area contributed by atoms with Gasteiger partial charge in [0.2, 0.25) is 0 Å². The van der Waals surface area contributed by atoms with Crippen molar-refractivity contribution < 1.29 is 14.3 Å². The zero-order valence-electron chi connectivity index (χ0n) is 8.42. The maximum absolute atomic E-state index is 11.5. The Labute approximate surface area is 102 Å². The molecule has 1 aromatic rings. The topological polar surface area (TPSA) is 55.4 Å². The van der Waals surface area contributed by atoms with Gasteiger partial charge in [-0.25, -0.2) is 0 Å². The Kier molecular flexibility index (Phi) is 4.58. The summed E-state index contributed by atoms with van der Waals surface area (Å²) in [5.74, 6) is -0.962. The number of hydrogen-bond donors (Lipinski definition) is 1. The molecular formula is C10H9Cl2NO3. The van der Waals surface area contributed by atoms with E-state index in [2.05, 4.69) is 10.1 Å². The predicted molar refractivity (Wildman–Crippen MR) is 60.8 cm³/mol. The summed E-state index contributed by atoms with van der Waals surface area (Å²) in [6.45, 7) is -0.195. The highest BCUT2D eigenvalue weighted by molar-refractivity contribution is 6.35. The molecule has 1 rings (SSSR count). The van der Waals surface area contributed by atoms with Gasteiger partial charge in [0.25, 0.3) is 5.91 Å². The first-order chi connectivity index (χ1) is 7.52. The van der Waals surface area contributed by atoms with E-state index in [1.807, 2.05) is 0 Å². The number of ether oxygens (including phenoxy) is 1. The van der Waals surface area contributed by atoms with E-state index in [4.69, 9.17) is 23.2 Å². The number of methoxy groups -OCH3 is 1. The molecule has 0 atom stereocenters. The molecule has 0 aliphatic rings. The summed E-state index contributed by atoms with van der Waals surface area (Å²) in [5.41, 5.74) is 0.293. The molecule has 6 heteroatoms. The van der Waals surface area contributed by atoms with Crippen molar-refractivity contribution in [2.75, 3.05) is 13.7 Å². The normalized spacial score (nSPS) is 9.69. The molecule has 0 bridgehead atoms. The van der Waals surface area contributed by atoms with Crippen molar-refractivity contribution in [1.29, 1.82) is 0 Å². The molecule has 0 heterocycles. The zero-order valence-corrected chi connectivity index (χ0v) is 9.93. The molecule has 4 nitrogen and oxygen atoms in total.